The van der Waals surface area contributed by atoms with Crippen LogP contribution in [0.4, 0.5) is 17.6 Å². The molecule has 1 aliphatic rings. The van der Waals surface area contributed by atoms with Crippen LogP contribution in [0, 0.1) is 0 Å². The summed E-state index contributed by atoms with van der Waals surface area (Å²) in [7, 11) is 1.59. The zero-order valence-electron chi connectivity index (χ0n) is 17.0. The molecule has 0 aliphatic heterocycles. The number of hydrogen-bond donors (Lipinski definition) is 2. The van der Waals surface area contributed by atoms with Crippen molar-refractivity contribution < 1.29 is 4.74 Å². The second-order valence-electron chi connectivity index (χ2n) is 7.33. The van der Waals surface area contributed by atoms with Gasteiger partial charge in [-0.05, 0) is 43.4 Å². The van der Waals surface area contributed by atoms with E-state index in [1.807, 2.05) is 24.3 Å². The van der Waals surface area contributed by atoms with Crippen molar-refractivity contribution in [2.24, 2.45) is 0 Å². The molecule has 0 saturated heterocycles. The van der Waals surface area contributed by atoms with E-state index in [2.05, 4.69) is 25.3 Å². The van der Waals surface area contributed by atoms with Gasteiger partial charge in [-0.2, -0.15) is 15.0 Å². The summed E-state index contributed by atoms with van der Waals surface area (Å²) in [6, 6.07) is 7.42. The third kappa shape index (κ3) is 3.70. The average molecular weight is 436 g/mol. The lowest BCUT2D eigenvalue weighted by atomic mass is 9.97. The molecule has 4 aromatic rings. The SMILES string of the molecule is COc1ccccc1Nc1nc(N)nc(Cn2cnc3sc4c(c3c2=O)CCCC4)n1. The van der Waals surface area contributed by atoms with Crippen molar-refractivity contribution in [2.75, 3.05) is 18.2 Å². The number of aryl methyl sites for hydroxylation is 2. The van der Waals surface area contributed by atoms with E-state index in [9.17, 15) is 4.79 Å². The summed E-state index contributed by atoms with van der Waals surface area (Å²) < 4.78 is 6.88. The zero-order valence-corrected chi connectivity index (χ0v) is 17.8. The first-order valence-corrected chi connectivity index (χ1v) is 10.8. The predicted molar refractivity (Wildman–Crippen MR) is 120 cm³/mol. The average Bonchev–Trinajstić information content (AvgIpc) is 3.15. The number of rotatable bonds is 5. The summed E-state index contributed by atoms with van der Waals surface area (Å²) in [5.41, 5.74) is 7.70. The molecule has 1 aromatic carbocycles. The fourth-order valence-corrected chi connectivity index (χ4v) is 5.10. The van der Waals surface area contributed by atoms with Crippen LogP contribution in [0.15, 0.2) is 35.4 Å². The van der Waals surface area contributed by atoms with E-state index in [1.165, 1.54) is 15.9 Å². The summed E-state index contributed by atoms with van der Waals surface area (Å²) in [6.45, 7) is 0.152. The van der Waals surface area contributed by atoms with Gasteiger partial charge in [0.1, 0.15) is 10.6 Å². The van der Waals surface area contributed by atoms with Crippen LogP contribution in [0.1, 0.15) is 29.1 Å². The second kappa shape index (κ2) is 7.95. The van der Waals surface area contributed by atoms with Gasteiger partial charge >= 0.3 is 0 Å². The molecule has 0 saturated carbocycles. The van der Waals surface area contributed by atoms with Crippen LogP contribution in [0.3, 0.4) is 0 Å². The van der Waals surface area contributed by atoms with E-state index < -0.39 is 0 Å². The van der Waals surface area contributed by atoms with Gasteiger partial charge in [0.05, 0.1) is 31.1 Å². The standard InChI is InChI=1S/C21H21N7O2S/c1-30-14-8-4-3-7-13(14)24-21-26-16(25-20(22)27-21)10-28-11-23-18-17(19(28)29)12-6-2-5-9-15(12)31-18/h3-4,7-8,11H,2,5-6,9-10H2,1H3,(H3,22,24,25,26,27). The van der Waals surface area contributed by atoms with Crippen LogP contribution in [-0.4, -0.2) is 31.6 Å². The number of para-hydroxylation sites is 2. The highest BCUT2D eigenvalue weighted by molar-refractivity contribution is 7.18. The molecule has 10 heteroatoms. The summed E-state index contributed by atoms with van der Waals surface area (Å²) in [5, 5.41) is 3.84. The highest BCUT2D eigenvalue weighted by Gasteiger charge is 2.20. The van der Waals surface area contributed by atoms with Crippen molar-refractivity contribution >= 4 is 39.1 Å². The minimum atomic E-state index is -0.0670. The van der Waals surface area contributed by atoms with Gasteiger partial charge in [-0.1, -0.05) is 12.1 Å². The maximum absolute atomic E-state index is 13.2. The summed E-state index contributed by atoms with van der Waals surface area (Å²) in [4.78, 5) is 32.6. The maximum Gasteiger partial charge on any atom is 0.262 e. The Bertz CT molecular complexity index is 1330. The van der Waals surface area contributed by atoms with Gasteiger partial charge in [0.25, 0.3) is 5.56 Å². The number of ether oxygens (including phenoxy) is 1. The predicted octanol–water partition coefficient (Wildman–Crippen LogP) is 2.90. The number of nitrogens with one attached hydrogen (secondary N) is 1. The largest absolute Gasteiger partial charge is 0.495 e. The van der Waals surface area contributed by atoms with Gasteiger partial charge in [0.15, 0.2) is 5.82 Å². The smallest absolute Gasteiger partial charge is 0.262 e. The zero-order chi connectivity index (χ0) is 21.4. The van der Waals surface area contributed by atoms with Crippen LogP contribution < -0.4 is 21.3 Å². The molecule has 3 heterocycles. The third-order valence-electron chi connectivity index (χ3n) is 5.31. The Morgan fingerprint density at radius 3 is 2.90 bits per heavy atom. The van der Waals surface area contributed by atoms with Crippen LogP contribution in [-0.2, 0) is 19.4 Å². The number of nitrogen functional groups attached to an aromatic ring is 1. The number of nitrogens with two attached hydrogens (primary N) is 1. The lowest BCUT2D eigenvalue weighted by Crippen LogP contribution is -2.23. The highest BCUT2D eigenvalue weighted by atomic mass is 32.1. The summed E-state index contributed by atoms with van der Waals surface area (Å²) in [6.07, 6.45) is 5.79. The number of methoxy groups -OCH3 is 1. The van der Waals surface area contributed by atoms with Crippen molar-refractivity contribution in [1.82, 2.24) is 24.5 Å². The Balaban J connectivity index is 1.48. The first-order chi connectivity index (χ1) is 15.1. The third-order valence-corrected chi connectivity index (χ3v) is 6.51. The van der Waals surface area contributed by atoms with Gasteiger partial charge in [0.2, 0.25) is 11.9 Å². The Hall–Kier alpha value is -3.53. The van der Waals surface area contributed by atoms with Crippen LogP contribution in [0.25, 0.3) is 10.2 Å². The molecule has 158 valence electrons. The Labute approximate surface area is 182 Å². The second-order valence-corrected chi connectivity index (χ2v) is 8.41. The van der Waals surface area contributed by atoms with E-state index in [1.54, 1.807) is 24.8 Å². The van der Waals surface area contributed by atoms with E-state index in [-0.39, 0.29) is 24.0 Å². The van der Waals surface area contributed by atoms with Gasteiger partial charge < -0.3 is 15.8 Å². The summed E-state index contributed by atoms with van der Waals surface area (Å²) >= 11 is 1.63. The van der Waals surface area contributed by atoms with Crippen molar-refractivity contribution in [3.8, 4) is 5.75 Å². The van der Waals surface area contributed by atoms with Gasteiger partial charge in [-0.3, -0.25) is 9.36 Å². The molecule has 1 aliphatic carbocycles. The Kier molecular flexibility index (Phi) is 4.99. The molecule has 0 bridgehead atoms. The monoisotopic (exact) mass is 435 g/mol. The molecule has 0 amide bonds. The first-order valence-electron chi connectivity index (χ1n) is 10.0. The minimum absolute atomic E-state index is 0.0670. The number of thiophene rings is 1. The fraction of sp³-hybridized carbons (Fsp3) is 0.286. The van der Waals surface area contributed by atoms with E-state index in [4.69, 9.17) is 10.5 Å². The number of hydrogen-bond acceptors (Lipinski definition) is 9. The number of benzene rings is 1. The lowest BCUT2D eigenvalue weighted by molar-refractivity contribution is 0.417. The molecule has 0 fully saturated rings. The lowest BCUT2D eigenvalue weighted by Gasteiger charge is -2.12. The Morgan fingerprint density at radius 2 is 2.03 bits per heavy atom. The fourth-order valence-electron chi connectivity index (χ4n) is 3.88. The summed E-state index contributed by atoms with van der Waals surface area (Å²) in [5.74, 6) is 1.37. The number of aromatic nitrogens is 5. The molecular formula is C21H21N7O2S. The van der Waals surface area contributed by atoms with Crippen molar-refractivity contribution in [1.29, 1.82) is 0 Å². The molecule has 0 radical (unpaired) electrons. The molecule has 0 unspecified atom stereocenters. The van der Waals surface area contributed by atoms with E-state index >= 15 is 0 Å². The molecular weight excluding hydrogens is 414 g/mol. The van der Waals surface area contributed by atoms with Gasteiger partial charge in [-0.25, -0.2) is 4.98 Å². The molecule has 0 spiro atoms. The number of anilines is 3. The molecule has 5 rings (SSSR count). The minimum Gasteiger partial charge on any atom is -0.495 e. The first kappa shape index (κ1) is 19.4. The van der Waals surface area contributed by atoms with Crippen molar-refractivity contribution in [2.45, 2.75) is 32.2 Å². The van der Waals surface area contributed by atoms with Crippen LogP contribution in [0.5, 0.6) is 5.75 Å². The van der Waals surface area contributed by atoms with Crippen molar-refractivity contribution in [3.05, 3.63) is 57.2 Å². The molecule has 9 nitrogen and oxygen atoms in total. The molecule has 0 atom stereocenters. The van der Waals surface area contributed by atoms with E-state index in [0.29, 0.717) is 17.3 Å². The highest BCUT2D eigenvalue weighted by Crippen LogP contribution is 2.33. The number of nitrogens with zero attached hydrogens (tertiary/aromatic N) is 5. The quantitative estimate of drug-likeness (QED) is 0.491. The van der Waals surface area contributed by atoms with Gasteiger partial charge in [-0.15, -0.1) is 11.3 Å². The molecule has 3 aromatic heterocycles. The number of fused-ring (bicyclic) bond motifs is 3. The van der Waals surface area contributed by atoms with Crippen LogP contribution >= 0.6 is 11.3 Å². The molecule has 3 N–H and O–H groups in total. The Morgan fingerprint density at radius 1 is 1.19 bits per heavy atom. The topological polar surface area (TPSA) is 121 Å². The van der Waals surface area contributed by atoms with Crippen molar-refractivity contribution in [3.63, 3.8) is 0 Å². The van der Waals surface area contributed by atoms with E-state index in [0.717, 1.165) is 35.0 Å². The van der Waals surface area contributed by atoms with Crippen LogP contribution in [0.2, 0.25) is 0 Å². The normalized spacial score (nSPS) is 13.2. The van der Waals surface area contributed by atoms with Gasteiger partial charge in [0, 0.05) is 4.88 Å². The maximum atomic E-state index is 13.2. The molecule has 31 heavy (non-hydrogen) atoms.